The number of hydrogen-bond acceptors (Lipinski definition) is 4. The predicted octanol–water partition coefficient (Wildman–Crippen LogP) is 2.52. The molecular weight excluding hydrogens is 362 g/mol. The van der Waals surface area contributed by atoms with Gasteiger partial charge in [0.25, 0.3) is 11.8 Å². The van der Waals surface area contributed by atoms with Crippen molar-refractivity contribution in [2.24, 2.45) is 0 Å². The second-order valence-electron chi connectivity index (χ2n) is 6.97. The van der Waals surface area contributed by atoms with E-state index in [1.807, 2.05) is 47.8 Å². The van der Waals surface area contributed by atoms with Gasteiger partial charge in [0.05, 0.1) is 4.88 Å². The average Bonchev–Trinajstić information content (AvgIpc) is 3.30. The fraction of sp³-hybridized carbons (Fsp3) is 0.350. The summed E-state index contributed by atoms with van der Waals surface area (Å²) in [6.07, 6.45) is 1.55. The third-order valence-electron chi connectivity index (χ3n) is 5.35. The van der Waals surface area contributed by atoms with Gasteiger partial charge in [0, 0.05) is 19.6 Å². The summed E-state index contributed by atoms with van der Waals surface area (Å²) in [4.78, 5) is 41.6. The lowest BCUT2D eigenvalue weighted by atomic mass is 9.87. The molecule has 2 fully saturated rings. The number of rotatable bonds is 4. The molecule has 2 aromatic rings. The maximum absolute atomic E-state index is 13.0. The van der Waals surface area contributed by atoms with Crippen LogP contribution < -0.4 is 5.32 Å². The molecule has 1 aromatic carbocycles. The number of benzene rings is 1. The number of hydrogen-bond donors (Lipinski definition) is 1. The summed E-state index contributed by atoms with van der Waals surface area (Å²) in [5.74, 6) is -0.163. The van der Waals surface area contributed by atoms with Crippen molar-refractivity contribution < 1.29 is 14.4 Å². The molecule has 0 atom stereocenters. The van der Waals surface area contributed by atoms with Gasteiger partial charge < -0.3 is 10.2 Å². The number of likely N-dealkylation sites (tertiary alicyclic amines) is 1. The van der Waals surface area contributed by atoms with Crippen molar-refractivity contribution in [3.05, 3.63) is 58.3 Å². The molecular formula is C20H21N3O3S. The molecule has 0 saturated carbocycles. The first-order valence-electron chi connectivity index (χ1n) is 9.10. The van der Waals surface area contributed by atoms with Crippen molar-refractivity contribution in [2.45, 2.75) is 24.8 Å². The number of piperidine rings is 1. The van der Waals surface area contributed by atoms with E-state index in [4.69, 9.17) is 0 Å². The van der Waals surface area contributed by atoms with Gasteiger partial charge >= 0.3 is 6.03 Å². The molecule has 2 aliphatic rings. The van der Waals surface area contributed by atoms with Crippen molar-refractivity contribution in [1.29, 1.82) is 0 Å². The first-order chi connectivity index (χ1) is 13.1. The SMILES string of the molecule is O=C(c1cccs1)N1CCC2(CC1)NC(=O)N(CCc1ccccc1)C2=O. The molecule has 0 radical (unpaired) electrons. The smallest absolute Gasteiger partial charge is 0.325 e. The number of carbonyl (C=O) groups is 3. The van der Waals surface area contributed by atoms with E-state index >= 15 is 0 Å². The number of imide groups is 1. The first kappa shape index (κ1) is 17.7. The van der Waals surface area contributed by atoms with Crippen molar-refractivity contribution in [1.82, 2.24) is 15.1 Å². The number of nitrogens with zero attached hydrogens (tertiary/aromatic N) is 2. The van der Waals surface area contributed by atoms with Crippen molar-refractivity contribution >= 4 is 29.2 Å². The van der Waals surface area contributed by atoms with Gasteiger partial charge in [0.15, 0.2) is 0 Å². The molecule has 27 heavy (non-hydrogen) atoms. The van der Waals surface area contributed by atoms with Crippen molar-refractivity contribution in [3.8, 4) is 0 Å². The Hall–Kier alpha value is -2.67. The summed E-state index contributed by atoms with van der Waals surface area (Å²) in [5.41, 5.74) is 0.232. The second kappa shape index (κ2) is 7.15. The number of urea groups is 1. The highest BCUT2D eigenvalue weighted by molar-refractivity contribution is 7.12. The summed E-state index contributed by atoms with van der Waals surface area (Å²) in [7, 11) is 0. The van der Waals surface area contributed by atoms with Gasteiger partial charge in [-0.1, -0.05) is 36.4 Å². The molecule has 1 N–H and O–H groups in total. The summed E-state index contributed by atoms with van der Waals surface area (Å²) in [6.45, 7) is 1.30. The third-order valence-corrected chi connectivity index (χ3v) is 6.21. The number of carbonyl (C=O) groups excluding carboxylic acids is 3. The Labute approximate surface area is 161 Å². The van der Waals surface area contributed by atoms with Gasteiger partial charge in [-0.05, 0) is 36.3 Å². The monoisotopic (exact) mass is 383 g/mol. The topological polar surface area (TPSA) is 69.7 Å². The molecule has 0 unspecified atom stereocenters. The van der Waals surface area contributed by atoms with Crippen molar-refractivity contribution in [3.63, 3.8) is 0 Å². The highest BCUT2D eigenvalue weighted by Crippen LogP contribution is 2.30. The third kappa shape index (κ3) is 3.35. The number of nitrogens with one attached hydrogen (secondary N) is 1. The van der Waals surface area contributed by atoms with E-state index in [1.165, 1.54) is 16.2 Å². The zero-order valence-electron chi connectivity index (χ0n) is 14.9. The zero-order valence-corrected chi connectivity index (χ0v) is 15.7. The number of thiophene rings is 1. The van der Waals surface area contributed by atoms with Crippen LogP contribution in [0.2, 0.25) is 0 Å². The lowest BCUT2D eigenvalue weighted by molar-refractivity contribution is -0.132. The van der Waals surface area contributed by atoms with Crippen LogP contribution in [0.3, 0.4) is 0 Å². The second-order valence-corrected chi connectivity index (χ2v) is 7.92. The van der Waals surface area contributed by atoms with Crippen LogP contribution in [0.4, 0.5) is 4.79 Å². The largest absolute Gasteiger partial charge is 0.338 e. The van der Waals surface area contributed by atoms with E-state index in [0.29, 0.717) is 43.8 Å². The maximum Gasteiger partial charge on any atom is 0.325 e. The van der Waals surface area contributed by atoms with Crippen LogP contribution in [-0.2, 0) is 11.2 Å². The first-order valence-corrected chi connectivity index (χ1v) is 9.98. The van der Waals surface area contributed by atoms with Gasteiger partial charge in [-0.15, -0.1) is 11.3 Å². The summed E-state index contributed by atoms with van der Waals surface area (Å²) < 4.78 is 0. The molecule has 0 bridgehead atoms. The molecule has 4 rings (SSSR count). The minimum absolute atomic E-state index is 0.00226. The van der Waals surface area contributed by atoms with E-state index in [0.717, 1.165) is 5.56 Å². The van der Waals surface area contributed by atoms with Gasteiger partial charge in [0.1, 0.15) is 5.54 Å². The van der Waals surface area contributed by atoms with Gasteiger partial charge in [-0.25, -0.2) is 4.79 Å². The molecule has 2 saturated heterocycles. The Morgan fingerprint density at radius 2 is 1.81 bits per heavy atom. The van der Waals surface area contributed by atoms with Gasteiger partial charge in [-0.3, -0.25) is 14.5 Å². The minimum Gasteiger partial charge on any atom is -0.338 e. The normalized spacial score (nSPS) is 18.8. The summed E-state index contributed by atoms with van der Waals surface area (Å²) in [6, 6.07) is 13.2. The Morgan fingerprint density at radius 3 is 2.48 bits per heavy atom. The lowest BCUT2D eigenvalue weighted by Gasteiger charge is -2.37. The Balaban J connectivity index is 1.39. The molecule has 7 heteroatoms. The summed E-state index contributed by atoms with van der Waals surface area (Å²) >= 11 is 1.42. The van der Waals surface area contributed by atoms with Crippen LogP contribution >= 0.6 is 11.3 Å². The zero-order chi connectivity index (χ0) is 18.9. The predicted molar refractivity (Wildman–Crippen MR) is 103 cm³/mol. The fourth-order valence-electron chi connectivity index (χ4n) is 3.75. The van der Waals surface area contributed by atoms with Crippen LogP contribution in [0, 0.1) is 0 Å². The Morgan fingerprint density at radius 1 is 1.07 bits per heavy atom. The fourth-order valence-corrected chi connectivity index (χ4v) is 4.44. The van der Waals surface area contributed by atoms with Crippen LogP contribution in [0.25, 0.3) is 0 Å². The van der Waals surface area contributed by atoms with Gasteiger partial charge in [0.2, 0.25) is 0 Å². The van der Waals surface area contributed by atoms with E-state index in [2.05, 4.69) is 5.32 Å². The lowest BCUT2D eigenvalue weighted by Crippen LogP contribution is -2.55. The van der Waals surface area contributed by atoms with E-state index in [1.54, 1.807) is 4.90 Å². The Kier molecular flexibility index (Phi) is 4.70. The average molecular weight is 383 g/mol. The molecule has 140 valence electrons. The number of amides is 4. The molecule has 1 aromatic heterocycles. The maximum atomic E-state index is 13.0. The van der Waals surface area contributed by atoms with Gasteiger partial charge in [-0.2, -0.15) is 0 Å². The van der Waals surface area contributed by atoms with Crippen LogP contribution in [-0.4, -0.2) is 52.8 Å². The van der Waals surface area contributed by atoms with Crippen LogP contribution in [0.5, 0.6) is 0 Å². The quantitative estimate of drug-likeness (QED) is 0.825. The van der Waals surface area contributed by atoms with Crippen LogP contribution in [0.15, 0.2) is 47.8 Å². The van der Waals surface area contributed by atoms with E-state index < -0.39 is 5.54 Å². The highest BCUT2D eigenvalue weighted by Gasteiger charge is 2.52. The molecule has 4 amide bonds. The molecule has 3 heterocycles. The molecule has 0 aliphatic carbocycles. The molecule has 1 spiro atoms. The Bertz CT molecular complexity index is 843. The van der Waals surface area contributed by atoms with E-state index in [-0.39, 0.29) is 17.8 Å². The summed E-state index contributed by atoms with van der Waals surface area (Å²) in [5, 5.41) is 4.78. The minimum atomic E-state index is -0.861. The standard InChI is InChI=1S/C20H21N3O3S/c24-17(16-7-4-14-27-16)22-12-9-20(10-13-22)18(25)23(19(26)21-20)11-8-15-5-2-1-3-6-15/h1-7,14H,8-13H2,(H,21,26). The molecule has 2 aliphatic heterocycles. The molecule has 6 nitrogen and oxygen atoms in total. The highest BCUT2D eigenvalue weighted by atomic mass is 32.1. The van der Waals surface area contributed by atoms with Crippen LogP contribution in [0.1, 0.15) is 28.1 Å². The van der Waals surface area contributed by atoms with E-state index in [9.17, 15) is 14.4 Å². The van der Waals surface area contributed by atoms with Crippen molar-refractivity contribution in [2.75, 3.05) is 19.6 Å².